The number of hydrogen-bond acceptors (Lipinski definition) is 4. The van der Waals surface area contributed by atoms with Crippen LogP contribution in [0.1, 0.15) is 16.7 Å². The SMILES string of the molecule is Cc1cc(Oc2ccc(CO)cc2[N+](=O)[O-])cc(C)c1Br. The molecule has 0 heterocycles. The molecule has 0 spiro atoms. The van der Waals surface area contributed by atoms with Gasteiger partial charge in [0.05, 0.1) is 11.5 Å². The van der Waals surface area contributed by atoms with E-state index in [1.807, 2.05) is 13.8 Å². The lowest BCUT2D eigenvalue weighted by molar-refractivity contribution is -0.385. The van der Waals surface area contributed by atoms with Crippen molar-refractivity contribution in [3.05, 3.63) is 61.6 Å². The van der Waals surface area contributed by atoms with E-state index in [2.05, 4.69) is 15.9 Å². The number of nitro groups is 1. The monoisotopic (exact) mass is 351 g/mol. The summed E-state index contributed by atoms with van der Waals surface area (Å²) in [5, 5.41) is 20.2. The fourth-order valence-electron chi connectivity index (χ4n) is 1.98. The van der Waals surface area contributed by atoms with Crippen molar-refractivity contribution in [3.63, 3.8) is 0 Å². The molecule has 0 saturated heterocycles. The molecule has 0 unspecified atom stereocenters. The standard InChI is InChI=1S/C15H14BrNO4/c1-9-5-12(6-10(2)15(9)16)21-14-4-3-11(8-18)7-13(14)17(19)20/h3-7,18H,8H2,1-2H3. The first-order chi connectivity index (χ1) is 9.92. The Hall–Kier alpha value is -1.92. The normalized spacial score (nSPS) is 10.5. The summed E-state index contributed by atoms with van der Waals surface area (Å²) in [5.74, 6) is 0.686. The molecule has 0 radical (unpaired) electrons. The molecule has 1 N–H and O–H groups in total. The molecule has 5 nitrogen and oxygen atoms in total. The van der Waals surface area contributed by atoms with Gasteiger partial charge in [0.2, 0.25) is 5.75 Å². The zero-order valence-corrected chi connectivity index (χ0v) is 13.2. The van der Waals surface area contributed by atoms with E-state index in [4.69, 9.17) is 9.84 Å². The topological polar surface area (TPSA) is 72.6 Å². The second kappa shape index (κ2) is 6.24. The van der Waals surface area contributed by atoms with Crippen molar-refractivity contribution in [3.8, 4) is 11.5 Å². The largest absolute Gasteiger partial charge is 0.450 e. The highest BCUT2D eigenvalue weighted by atomic mass is 79.9. The fourth-order valence-corrected chi connectivity index (χ4v) is 2.21. The number of ether oxygens (including phenoxy) is 1. The number of hydrogen-bond donors (Lipinski definition) is 1. The van der Waals surface area contributed by atoms with Crippen LogP contribution in [0.25, 0.3) is 0 Å². The van der Waals surface area contributed by atoms with Crippen molar-refractivity contribution in [1.29, 1.82) is 0 Å². The van der Waals surface area contributed by atoms with Crippen molar-refractivity contribution in [2.45, 2.75) is 20.5 Å². The second-order valence-electron chi connectivity index (χ2n) is 4.69. The first kappa shape index (κ1) is 15.5. The minimum Gasteiger partial charge on any atom is -0.450 e. The molecule has 0 aliphatic rings. The van der Waals surface area contributed by atoms with E-state index in [-0.39, 0.29) is 18.0 Å². The fraction of sp³-hybridized carbons (Fsp3) is 0.200. The van der Waals surface area contributed by atoms with Crippen LogP contribution in [0.2, 0.25) is 0 Å². The highest BCUT2D eigenvalue weighted by Gasteiger charge is 2.17. The summed E-state index contributed by atoms with van der Waals surface area (Å²) >= 11 is 3.46. The number of aliphatic hydroxyl groups excluding tert-OH is 1. The van der Waals surface area contributed by atoms with Crippen molar-refractivity contribution in [1.82, 2.24) is 0 Å². The number of nitrogens with zero attached hydrogens (tertiary/aromatic N) is 1. The Labute approximate surface area is 130 Å². The number of halogens is 1. The van der Waals surface area contributed by atoms with Gasteiger partial charge in [-0.2, -0.15) is 0 Å². The minimum absolute atomic E-state index is 0.151. The average Bonchev–Trinajstić information content (AvgIpc) is 2.44. The molecule has 0 amide bonds. The molecular formula is C15H14BrNO4. The van der Waals surface area contributed by atoms with Gasteiger partial charge in [-0.25, -0.2) is 0 Å². The Kier molecular flexibility index (Phi) is 4.59. The van der Waals surface area contributed by atoms with Crippen LogP contribution in [-0.4, -0.2) is 10.0 Å². The van der Waals surface area contributed by atoms with Crippen LogP contribution in [0.5, 0.6) is 11.5 Å². The summed E-state index contributed by atoms with van der Waals surface area (Å²) in [5.41, 5.74) is 2.27. The summed E-state index contributed by atoms with van der Waals surface area (Å²) < 4.78 is 6.63. The van der Waals surface area contributed by atoms with E-state index < -0.39 is 4.92 Å². The Morgan fingerprint density at radius 2 is 1.86 bits per heavy atom. The molecule has 0 saturated carbocycles. The van der Waals surface area contributed by atoms with Gasteiger partial charge >= 0.3 is 5.69 Å². The summed E-state index contributed by atoms with van der Waals surface area (Å²) in [7, 11) is 0. The quantitative estimate of drug-likeness (QED) is 0.659. The molecule has 110 valence electrons. The lowest BCUT2D eigenvalue weighted by Gasteiger charge is -2.10. The first-order valence-corrected chi connectivity index (χ1v) is 7.04. The van der Waals surface area contributed by atoms with Gasteiger partial charge in [-0.3, -0.25) is 10.1 Å². The molecule has 0 atom stereocenters. The number of rotatable bonds is 4. The number of benzene rings is 2. The third-order valence-electron chi connectivity index (χ3n) is 3.04. The smallest absolute Gasteiger partial charge is 0.311 e. The van der Waals surface area contributed by atoms with Crippen molar-refractivity contribution >= 4 is 21.6 Å². The van der Waals surface area contributed by atoms with Crippen LogP contribution < -0.4 is 4.74 Å². The zero-order valence-electron chi connectivity index (χ0n) is 11.6. The molecular weight excluding hydrogens is 338 g/mol. The van der Waals surface area contributed by atoms with Crippen molar-refractivity contribution < 1.29 is 14.8 Å². The van der Waals surface area contributed by atoms with Crippen LogP contribution in [0.15, 0.2) is 34.8 Å². The van der Waals surface area contributed by atoms with Crippen molar-refractivity contribution in [2.24, 2.45) is 0 Å². The first-order valence-electron chi connectivity index (χ1n) is 6.25. The van der Waals surface area contributed by atoms with Gasteiger partial charge in [0.15, 0.2) is 0 Å². The highest BCUT2D eigenvalue weighted by molar-refractivity contribution is 9.10. The number of aliphatic hydroxyl groups is 1. The molecule has 0 fully saturated rings. The lowest BCUT2D eigenvalue weighted by atomic mass is 10.1. The molecule has 0 bridgehead atoms. The molecule has 6 heteroatoms. The third kappa shape index (κ3) is 3.40. The van der Waals surface area contributed by atoms with Gasteiger partial charge in [-0.05, 0) is 48.7 Å². The summed E-state index contributed by atoms with van der Waals surface area (Å²) in [6, 6.07) is 8.02. The third-order valence-corrected chi connectivity index (χ3v) is 4.29. The Morgan fingerprint density at radius 3 is 2.38 bits per heavy atom. The summed E-state index contributed by atoms with van der Waals surface area (Å²) in [4.78, 5) is 10.6. The summed E-state index contributed by atoms with van der Waals surface area (Å²) in [6.07, 6.45) is 0. The maximum absolute atomic E-state index is 11.1. The van der Waals surface area contributed by atoms with Crippen LogP contribution in [0.3, 0.4) is 0 Å². The minimum atomic E-state index is -0.521. The maximum atomic E-state index is 11.1. The Balaban J connectivity index is 2.42. The average molecular weight is 352 g/mol. The highest BCUT2D eigenvalue weighted by Crippen LogP contribution is 2.34. The molecule has 2 rings (SSSR count). The van der Waals surface area contributed by atoms with Gasteiger partial charge < -0.3 is 9.84 Å². The predicted molar refractivity (Wildman–Crippen MR) is 82.7 cm³/mol. The van der Waals surface area contributed by atoms with E-state index in [0.29, 0.717) is 11.3 Å². The second-order valence-corrected chi connectivity index (χ2v) is 5.48. The Bertz CT molecular complexity index is 677. The van der Waals surface area contributed by atoms with Gasteiger partial charge in [-0.15, -0.1) is 0 Å². The predicted octanol–water partition coefficient (Wildman–Crippen LogP) is 4.26. The molecule has 2 aromatic carbocycles. The van der Waals surface area contributed by atoms with Crippen LogP contribution in [-0.2, 0) is 6.61 Å². The van der Waals surface area contributed by atoms with Gasteiger partial charge in [0.1, 0.15) is 5.75 Å². The van der Waals surface area contributed by atoms with E-state index in [1.54, 1.807) is 18.2 Å². The van der Waals surface area contributed by atoms with Crippen LogP contribution >= 0.6 is 15.9 Å². The van der Waals surface area contributed by atoms with E-state index >= 15 is 0 Å². The van der Waals surface area contributed by atoms with Crippen LogP contribution in [0.4, 0.5) is 5.69 Å². The molecule has 0 aliphatic carbocycles. The zero-order chi connectivity index (χ0) is 15.6. The maximum Gasteiger partial charge on any atom is 0.311 e. The van der Waals surface area contributed by atoms with Crippen molar-refractivity contribution in [2.75, 3.05) is 0 Å². The van der Waals surface area contributed by atoms with Crippen LogP contribution in [0, 0.1) is 24.0 Å². The lowest BCUT2D eigenvalue weighted by Crippen LogP contribution is -1.96. The number of nitro benzene ring substituents is 1. The van der Waals surface area contributed by atoms with Gasteiger partial charge in [-0.1, -0.05) is 22.0 Å². The van der Waals surface area contributed by atoms with Gasteiger partial charge in [0, 0.05) is 10.5 Å². The molecule has 0 aliphatic heterocycles. The van der Waals surface area contributed by atoms with E-state index in [1.165, 1.54) is 12.1 Å². The molecule has 21 heavy (non-hydrogen) atoms. The van der Waals surface area contributed by atoms with E-state index in [0.717, 1.165) is 15.6 Å². The molecule has 2 aromatic rings. The molecule has 0 aromatic heterocycles. The van der Waals surface area contributed by atoms with E-state index in [9.17, 15) is 10.1 Å². The number of aryl methyl sites for hydroxylation is 2. The summed E-state index contributed by atoms with van der Waals surface area (Å²) in [6.45, 7) is 3.60. The van der Waals surface area contributed by atoms with Gasteiger partial charge in [0.25, 0.3) is 0 Å². The Morgan fingerprint density at radius 1 is 1.24 bits per heavy atom.